The molecule has 5 nitrogen and oxygen atoms in total. The van der Waals surface area contributed by atoms with E-state index in [0.717, 1.165) is 11.1 Å². The molecular weight excluding hydrogens is 292 g/mol. The lowest BCUT2D eigenvalue weighted by Gasteiger charge is -2.16. The summed E-state index contributed by atoms with van der Waals surface area (Å²) in [6, 6.07) is 12.2. The lowest BCUT2D eigenvalue weighted by Crippen LogP contribution is -2.30. The van der Waals surface area contributed by atoms with Crippen LogP contribution in [0, 0.1) is 13.8 Å². The van der Waals surface area contributed by atoms with E-state index >= 15 is 0 Å². The average Bonchev–Trinajstić information content (AvgIpc) is 2.50. The zero-order valence-electron chi connectivity index (χ0n) is 13.4. The van der Waals surface area contributed by atoms with Crippen molar-refractivity contribution in [3.05, 3.63) is 59.2 Å². The molecule has 2 amide bonds. The number of primary amides is 1. The molecule has 0 radical (unpaired) electrons. The molecule has 0 heterocycles. The summed E-state index contributed by atoms with van der Waals surface area (Å²) in [6.45, 7) is 5.61. The Balaban J connectivity index is 2.05. The zero-order chi connectivity index (χ0) is 17.0. The van der Waals surface area contributed by atoms with Gasteiger partial charge in [0.15, 0.2) is 6.10 Å². The Kier molecular flexibility index (Phi) is 5.01. The van der Waals surface area contributed by atoms with Crippen LogP contribution in [0.15, 0.2) is 42.5 Å². The maximum absolute atomic E-state index is 12.2. The Hall–Kier alpha value is -2.82. The molecular formula is C18H20N2O3. The number of ether oxygens (including phenoxy) is 1. The molecule has 0 fully saturated rings. The molecule has 23 heavy (non-hydrogen) atoms. The summed E-state index contributed by atoms with van der Waals surface area (Å²) in [5, 5.41) is 2.72. The van der Waals surface area contributed by atoms with Gasteiger partial charge in [0.1, 0.15) is 5.75 Å². The van der Waals surface area contributed by atoms with Gasteiger partial charge in [-0.1, -0.05) is 23.8 Å². The molecule has 0 bridgehead atoms. The molecule has 120 valence electrons. The van der Waals surface area contributed by atoms with E-state index in [1.165, 1.54) is 6.07 Å². The summed E-state index contributed by atoms with van der Waals surface area (Å²) in [4.78, 5) is 23.4. The van der Waals surface area contributed by atoms with Crippen LogP contribution >= 0.6 is 0 Å². The monoisotopic (exact) mass is 312 g/mol. The minimum atomic E-state index is -0.673. The lowest BCUT2D eigenvalue weighted by molar-refractivity contribution is -0.122. The van der Waals surface area contributed by atoms with Crippen LogP contribution in [0.5, 0.6) is 5.75 Å². The van der Waals surface area contributed by atoms with E-state index in [9.17, 15) is 9.59 Å². The van der Waals surface area contributed by atoms with Crippen LogP contribution in [-0.2, 0) is 4.79 Å². The quantitative estimate of drug-likeness (QED) is 0.890. The van der Waals surface area contributed by atoms with E-state index in [-0.39, 0.29) is 5.91 Å². The SMILES string of the molecule is Cc1ccc(O[C@H](C)C(=O)Nc2cccc(C(N)=O)c2)c(C)c1. The van der Waals surface area contributed by atoms with E-state index in [4.69, 9.17) is 10.5 Å². The molecule has 0 spiro atoms. The van der Waals surface area contributed by atoms with Crippen molar-refractivity contribution in [2.45, 2.75) is 26.9 Å². The molecule has 2 rings (SSSR count). The minimum absolute atomic E-state index is 0.299. The van der Waals surface area contributed by atoms with Crippen LogP contribution in [-0.4, -0.2) is 17.9 Å². The van der Waals surface area contributed by atoms with Gasteiger partial charge in [0.05, 0.1) is 0 Å². The highest BCUT2D eigenvalue weighted by Crippen LogP contribution is 2.20. The number of nitrogens with one attached hydrogen (secondary N) is 1. The molecule has 0 saturated heterocycles. The van der Waals surface area contributed by atoms with E-state index < -0.39 is 12.0 Å². The fourth-order valence-electron chi connectivity index (χ4n) is 2.17. The van der Waals surface area contributed by atoms with Crippen LogP contribution < -0.4 is 15.8 Å². The summed E-state index contributed by atoms with van der Waals surface area (Å²) < 4.78 is 5.71. The minimum Gasteiger partial charge on any atom is -0.481 e. The number of anilines is 1. The van der Waals surface area contributed by atoms with Crippen LogP contribution in [0.4, 0.5) is 5.69 Å². The van der Waals surface area contributed by atoms with Gasteiger partial charge in [-0.05, 0) is 50.6 Å². The van der Waals surface area contributed by atoms with Gasteiger partial charge in [-0.3, -0.25) is 9.59 Å². The van der Waals surface area contributed by atoms with E-state index in [1.807, 2.05) is 32.0 Å². The Morgan fingerprint density at radius 2 is 1.87 bits per heavy atom. The van der Waals surface area contributed by atoms with Crippen molar-refractivity contribution >= 4 is 17.5 Å². The number of nitrogens with two attached hydrogens (primary N) is 1. The first-order chi connectivity index (χ1) is 10.9. The molecule has 0 aliphatic heterocycles. The number of hydrogen-bond acceptors (Lipinski definition) is 3. The zero-order valence-corrected chi connectivity index (χ0v) is 13.4. The smallest absolute Gasteiger partial charge is 0.265 e. The van der Waals surface area contributed by atoms with Crippen molar-refractivity contribution in [3.8, 4) is 5.75 Å². The molecule has 0 aromatic heterocycles. The first-order valence-electron chi connectivity index (χ1n) is 7.31. The largest absolute Gasteiger partial charge is 0.481 e. The van der Waals surface area contributed by atoms with Gasteiger partial charge < -0.3 is 15.8 Å². The Morgan fingerprint density at radius 1 is 1.13 bits per heavy atom. The van der Waals surface area contributed by atoms with Crippen molar-refractivity contribution in [3.63, 3.8) is 0 Å². The number of rotatable bonds is 5. The number of amides is 2. The fraction of sp³-hybridized carbons (Fsp3) is 0.222. The second kappa shape index (κ2) is 6.96. The maximum atomic E-state index is 12.2. The Labute approximate surface area is 135 Å². The summed E-state index contributed by atoms with van der Waals surface area (Å²) in [5.41, 5.74) is 8.18. The summed E-state index contributed by atoms with van der Waals surface area (Å²) in [6.07, 6.45) is -0.673. The third-order valence-electron chi connectivity index (χ3n) is 3.42. The standard InChI is InChI=1S/C18H20N2O3/c1-11-7-8-16(12(2)9-11)23-13(3)18(22)20-15-6-4-5-14(10-15)17(19)21/h4-10,13H,1-3H3,(H2,19,21)(H,20,22)/t13-/m1/s1. The van der Waals surface area contributed by atoms with Gasteiger partial charge in [0.2, 0.25) is 5.91 Å². The molecule has 0 saturated carbocycles. The summed E-state index contributed by atoms with van der Waals surface area (Å²) in [5.74, 6) is -0.170. The van der Waals surface area contributed by atoms with Crippen molar-refractivity contribution in [2.75, 3.05) is 5.32 Å². The predicted molar refractivity (Wildman–Crippen MR) is 89.6 cm³/mol. The number of benzene rings is 2. The fourth-order valence-corrected chi connectivity index (χ4v) is 2.17. The highest BCUT2D eigenvalue weighted by atomic mass is 16.5. The van der Waals surface area contributed by atoms with Crippen molar-refractivity contribution in [2.24, 2.45) is 5.73 Å². The number of carbonyl (C=O) groups excluding carboxylic acids is 2. The van der Waals surface area contributed by atoms with Crippen molar-refractivity contribution in [1.29, 1.82) is 0 Å². The number of aryl methyl sites for hydroxylation is 2. The van der Waals surface area contributed by atoms with Gasteiger partial charge in [-0.25, -0.2) is 0 Å². The predicted octanol–water partition coefficient (Wildman–Crippen LogP) is 2.81. The van der Waals surface area contributed by atoms with Crippen LogP contribution in [0.3, 0.4) is 0 Å². The number of carbonyl (C=O) groups is 2. The average molecular weight is 312 g/mol. The third-order valence-corrected chi connectivity index (χ3v) is 3.42. The molecule has 0 aliphatic carbocycles. The lowest BCUT2D eigenvalue weighted by atomic mass is 10.1. The normalized spacial score (nSPS) is 11.6. The van der Waals surface area contributed by atoms with Gasteiger partial charge >= 0.3 is 0 Å². The van der Waals surface area contributed by atoms with Crippen LogP contribution in [0.1, 0.15) is 28.4 Å². The second-order valence-electron chi connectivity index (χ2n) is 5.46. The first-order valence-corrected chi connectivity index (χ1v) is 7.31. The molecule has 5 heteroatoms. The van der Waals surface area contributed by atoms with Gasteiger partial charge in [-0.2, -0.15) is 0 Å². The summed E-state index contributed by atoms with van der Waals surface area (Å²) in [7, 11) is 0. The van der Waals surface area contributed by atoms with Crippen molar-refractivity contribution < 1.29 is 14.3 Å². The topological polar surface area (TPSA) is 81.4 Å². The molecule has 0 unspecified atom stereocenters. The highest BCUT2D eigenvalue weighted by molar-refractivity contribution is 5.97. The second-order valence-corrected chi connectivity index (χ2v) is 5.46. The van der Waals surface area contributed by atoms with Gasteiger partial charge in [-0.15, -0.1) is 0 Å². The van der Waals surface area contributed by atoms with Gasteiger partial charge in [0.25, 0.3) is 5.91 Å². The molecule has 0 aliphatic rings. The Bertz CT molecular complexity index is 741. The first kappa shape index (κ1) is 16.5. The van der Waals surface area contributed by atoms with Crippen molar-refractivity contribution in [1.82, 2.24) is 0 Å². The van der Waals surface area contributed by atoms with Crippen LogP contribution in [0.2, 0.25) is 0 Å². The van der Waals surface area contributed by atoms with E-state index in [1.54, 1.807) is 25.1 Å². The van der Waals surface area contributed by atoms with E-state index in [2.05, 4.69) is 5.32 Å². The van der Waals surface area contributed by atoms with Gasteiger partial charge in [0, 0.05) is 11.3 Å². The summed E-state index contributed by atoms with van der Waals surface area (Å²) >= 11 is 0. The molecule has 2 aromatic carbocycles. The maximum Gasteiger partial charge on any atom is 0.265 e. The molecule has 1 atom stereocenters. The van der Waals surface area contributed by atoms with E-state index in [0.29, 0.717) is 17.0 Å². The van der Waals surface area contributed by atoms with Crippen LogP contribution in [0.25, 0.3) is 0 Å². The highest BCUT2D eigenvalue weighted by Gasteiger charge is 2.16. The Morgan fingerprint density at radius 3 is 2.52 bits per heavy atom. The molecule has 3 N–H and O–H groups in total. The molecule has 2 aromatic rings. The number of hydrogen-bond donors (Lipinski definition) is 2. The third kappa shape index (κ3) is 4.32.